The number of hydrogen-bond acceptors (Lipinski definition) is 2. The van der Waals surface area contributed by atoms with Crippen LogP contribution in [0.25, 0.3) is 0 Å². The van der Waals surface area contributed by atoms with E-state index in [1.54, 1.807) is 0 Å². The molecule has 3 heteroatoms. The molecule has 1 aromatic carbocycles. The highest BCUT2D eigenvalue weighted by Gasteiger charge is 2.17. The Hall–Kier alpha value is -0.380. The van der Waals surface area contributed by atoms with E-state index >= 15 is 0 Å². The van der Waals surface area contributed by atoms with Crippen molar-refractivity contribution in [3.05, 3.63) is 34.3 Å². The molecule has 0 amide bonds. The van der Waals surface area contributed by atoms with Crippen molar-refractivity contribution in [2.45, 2.75) is 19.4 Å². The number of ether oxygens (including phenoxy) is 1. The van der Waals surface area contributed by atoms with Gasteiger partial charge in [-0.3, -0.25) is 4.90 Å². The standard InChI is InChI=1S/C13H18BrNO/c1-11(15-6-8-16-9-7-15)10-12-4-2-3-5-13(12)14/h2-5,11H,6-10H2,1H3. The van der Waals surface area contributed by atoms with Gasteiger partial charge in [0, 0.05) is 23.6 Å². The zero-order chi connectivity index (χ0) is 11.4. The molecular formula is C13H18BrNO. The van der Waals surface area contributed by atoms with Gasteiger partial charge < -0.3 is 4.74 Å². The van der Waals surface area contributed by atoms with E-state index in [0.717, 1.165) is 32.7 Å². The van der Waals surface area contributed by atoms with Crippen LogP contribution in [0.3, 0.4) is 0 Å². The van der Waals surface area contributed by atoms with Crippen molar-refractivity contribution in [2.75, 3.05) is 26.3 Å². The summed E-state index contributed by atoms with van der Waals surface area (Å²) in [6.07, 6.45) is 1.10. The second kappa shape index (κ2) is 5.80. The summed E-state index contributed by atoms with van der Waals surface area (Å²) in [5.74, 6) is 0. The van der Waals surface area contributed by atoms with Crippen LogP contribution >= 0.6 is 15.9 Å². The molecule has 1 heterocycles. The molecule has 0 saturated carbocycles. The first-order valence-electron chi connectivity index (χ1n) is 5.82. The first-order chi connectivity index (χ1) is 7.77. The Morgan fingerprint density at radius 3 is 2.69 bits per heavy atom. The van der Waals surface area contributed by atoms with Gasteiger partial charge in [-0.15, -0.1) is 0 Å². The largest absolute Gasteiger partial charge is 0.379 e. The van der Waals surface area contributed by atoms with Gasteiger partial charge in [0.05, 0.1) is 13.2 Å². The number of nitrogens with zero attached hydrogens (tertiary/aromatic N) is 1. The molecule has 2 rings (SSSR count). The van der Waals surface area contributed by atoms with Crippen LogP contribution < -0.4 is 0 Å². The lowest BCUT2D eigenvalue weighted by atomic mass is 10.1. The molecule has 0 N–H and O–H groups in total. The highest BCUT2D eigenvalue weighted by Crippen LogP contribution is 2.19. The van der Waals surface area contributed by atoms with Crippen LogP contribution in [0, 0.1) is 0 Å². The predicted molar refractivity (Wildman–Crippen MR) is 69.7 cm³/mol. The fourth-order valence-electron chi connectivity index (χ4n) is 2.13. The highest BCUT2D eigenvalue weighted by atomic mass is 79.9. The summed E-state index contributed by atoms with van der Waals surface area (Å²) in [7, 11) is 0. The van der Waals surface area contributed by atoms with Crippen LogP contribution in [-0.4, -0.2) is 37.2 Å². The average molecular weight is 284 g/mol. The van der Waals surface area contributed by atoms with Gasteiger partial charge in [-0.05, 0) is 25.0 Å². The Labute approximate surface area is 106 Å². The first kappa shape index (κ1) is 12.1. The lowest BCUT2D eigenvalue weighted by Gasteiger charge is -2.32. The maximum Gasteiger partial charge on any atom is 0.0594 e. The van der Waals surface area contributed by atoms with Gasteiger partial charge in [-0.25, -0.2) is 0 Å². The fourth-order valence-corrected chi connectivity index (χ4v) is 2.58. The molecule has 0 aromatic heterocycles. The lowest BCUT2D eigenvalue weighted by molar-refractivity contribution is 0.0203. The summed E-state index contributed by atoms with van der Waals surface area (Å²) in [5, 5.41) is 0. The minimum atomic E-state index is 0.586. The Morgan fingerprint density at radius 1 is 1.31 bits per heavy atom. The number of halogens is 1. The van der Waals surface area contributed by atoms with Crippen molar-refractivity contribution < 1.29 is 4.74 Å². The van der Waals surface area contributed by atoms with Crippen molar-refractivity contribution in [3.63, 3.8) is 0 Å². The Balaban J connectivity index is 1.96. The van der Waals surface area contributed by atoms with Gasteiger partial charge >= 0.3 is 0 Å². The summed E-state index contributed by atoms with van der Waals surface area (Å²) in [6.45, 7) is 6.17. The van der Waals surface area contributed by atoms with Gasteiger partial charge in [-0.2, -0.15) is 0 Å². The first-order valence-corrected chi connectivity index (χ1v) is 6.62. The molecule has 1 aliphatic heterocycles. The fraction of sp³-hybridized carbons (Fsp3) is 0.538. The molecule has 16 heavy (non-hydrogen) atoms. The molecule has 1 unspecified atom stereocenters. The number of morpholine rings is 1. The van der Waals surface area contributed by atoms with Gasteiger partial charge in [-0.1, -0.05) is 34.1 Å². The van der Waals surface area contributed by atoms with Crippen LogP contribution in [-0.2, 0) is 11.2 Å². The smallest absolute Gasteiger partial charge is 0.0594 e. The minimum Gasteiger partial charge on any atom is -0.379 e. The lowest BCUT2D eigenvalue weighted by Crippen LogP contribution is -2.43. The Kier molecular flexibility index (Phi) is 4.38. The van der Waals surface area contributed by atoms with Gasteiger partial charge in [0.15, 0.2) is 0 Å². The van der Waals surface area contributed by atoms with E-state index in [2.05, 4.69) is 52.0 Å². The number of rotatable bonds is 3. The van der Waals surface area contributed by atoms with Crippen molar-refractivity contribution in [1.82, 2.24) is 4.90 Å². The van der Waals surface area contributed by atoms with Crippen molar-refractivity contribution in [1.29, 1.82) is 0 Å². The highest BCUT2D eigenvalue weighted by molar-refractivity contribution is 9.10. The van der Waals surface area contributed by atoms with Crippen LogP contribution in [0.2, 0.25) is 0 Å². The number of hydrogen-bond donors (Lipinski definition) is 0. The zero-order valence-electron chi connectivity index (χ0n) is 9.66. The SMILES string of the molecule is CC(Cc1ccccc1Br)N1CCOCC1. The molecular weight excluding hydrogens is 266 g/mol. The number of benzene rings is 1. The third kappa shape index (κ3) is 3.06. The summed E-state index contributed by atoms with van der Waals surface area (Å²) < 4.78 is 6.59. The van der Waals surface area contributed by atoms with Crippen molar-refractivity contribution in [3.8, 4) is 0 Å². The molecule has 0 spiro atoms. The molecule has 1 aliphatic rings. The molecule has 1 atom stereocenters. The van der Waals surface area contributed by atoms with Gasteiger partial charge in [0.1, 0.15) is 0 Å². The molecule has 0 bridgehead atoms. The topological polar surface area (TPSA) is 12.5 Å². The van der Waals surface area contributed by atoms with Crippen molar-refractivity contribution >= 4 is 15.9 Å². The monoisotopic (exact) mass is 283 g/mol. The van der Waals surface area contributed by atoms with E-state index in [-0.39, 0.29) is 0 Å². The normalized spacial score (nSPS) is 19.6. The van der Waals surface area contributed by atoms with E-state index < -0.39 is 0 Å². The third-order valence-electron chi connectivity index (χ3n) is 3.14. The van der Waals surface area contributed by atoms with Crippen LogP contribution in [0.5, 0.6) is 0 Å². The minimum absolute atomic E-state index is 0.586. The quantitative estimate of drug-likeness (QED) is 0.846. The molecule has 0 radical (unpaired) electrons. The van der Waals surface area contributed by atoms with E-state index in [1.165, 1.54) is 10.0 Å². The van der Waals surface area contributed by atoms with E-state index in [0.29, 0.717) is 6.04 Å². The van der Waals surface area contributed by atoms with Crippen molar-refractivity contribution in [2.24, 2.45) is 0 Å². The van der Waals surface area contributed by atoms with Crippen LogP contribution in [0.1, 0.15) is 12.5 Å². The Morgan fingerprint density at radius 2 is 2.00 bits per heavy atom. The van der Waals surface area contributed by atoms with E-state index in [1.807, 2.05) is 0 Å². The van der Waals surface area contributed by atoms with Crippen LogP contribution in [0.4, 0.5) is 0 Å². The average Bonchev–Trinajstić information content (AvgIpc) is 2.33. The van der Waals surface area contributed by atoms with Gasteiger partial charge in [0.2, 0.25) is 0 Å². The summed E-state index contributed by atoms with van der Waals surface area (Å²) in [6, 6.07) is 9.06. The molecule has 0 aliphatic carbocycles. The second-order valence-corrected chi connectivity index (χ2v) is 5.15. The van der Waals surface area contributed by atoms with E-state index in [9.17, 15) is 0 Å². The molecule has 2 nitrogen and oxygen atoms in total. The summed E-state index contributed by atoms with van der Waals surface area (Å²) in [4.78, 5) is 2.50. The molecule has 1 fully saturated rings. The van der Waals surface area contributed by atoms with E-state index in [4.69, 9.17) is 4.74 Å². The zero-order valence-corrected chi connectivity index (χ0v) is 11.2. The summed E-state index contributed by atoms with van der Waals surface area (Å²) >= 11 is 3.61. The Bertz CT molecular complexity index is 336. The maximum absolute atomic E-state index is 5.37. The second-order valence-electron chi connectivity index (χ2n) is 4.29. The van der Waals surface area contributed by atoms with Gasteiger partial charge in [0.25, 0.3) is 0 Å². The molecule has 88 valence electrons. The summed E-state index contributed by atoms with van der Waals surface area (Å²) in [5.41, 5.74) is 1.39. The van der Waals surface area contributed by atoms with Crippen LogP contribution in [0.15, 0.2) is 28.7 Å². The molecule has 1 saturated heterocycles. The predicted octanol–water partition coefficient (Wildman–Crippen LogP) is 2.71. The maximum atomic E-state index is 5.37. The third-order valence-corrected chi connectivity index (χ3v) is 3.92. The molecule has 1 aromatic rings.